The molecule has 0 aromatic heterocycles. The first-order chi connectivity index (χ1) is 13.5. The van der Waals surface area contributed by atoms with E-state index in [0.29, 0.717) is 11.4 Å². The van der Waals surface area contributed by atoms with Gasteiger partial charge in [-0.3, -0.25) is 4.79 Å². The van der Waals surface area contributed by atoms with Crippen molar-refractivity contribution in [3.05, 3.63) is 54.1 Å². The molecule has 0 aliphatic carbocycles. The Hall–Kier alpha value is -2.82. The van der Waals surface area contributed by atoms with Gasteiger partial charge in [-0.2, -0.15) is 10.2 Å². The van der Waals surface area contributed by atoms with Crippen molar-refractivity contribution in [3.63, 3.8) is 0 Å². The van der Waals surface area contributed by atoms with Crippen molar-refractivity contribution in [2.45, 2.75) is 52.4 Å². The Bertz CT molecular complexity index is 782. The molecule has 2 aromatic carbocycles. The highest BCUT2D eigenvalue weighted by atomic mass is 16.5. The van der Waals surface area contributed by atoms with Crippen molar-refractivity contribution in [1.29, 1.82) is 5.41 Å². The molecule has 5 nitrogen and oxygen atoms in total. The van der Waals surface area contributed by atoms with Crippen LogP contribution in [0.1, 0.15) is 57.9 Å². The SMILES string of the molecule is CCCCCCOc1ccc(N=Nc2ccc(C(C(C)=N)C(C)=O)cc2)cc1. The van der Waals surface area contributed by atoms with Gasteiger partial charge in [-0.1, -0.05) is 38.3 Å². The standard InChI is InChI=1S/C23H29N3O2/c1-4-5-6-7-16-28-22-14-12-21(13-15-22)26-25-20-10-8-19(9-11-20)23(17(2)24)18(3)27/h8-15,23-24H,4-7,16H2,1-3H3. The predicted molar refractivity (Wildman–Crippen MR) is 114 cm³/mol. The van der Waals surface area contributed by atoms with E-state index in [0.717, 1.165) is 30.0 Å². The van der Waals surface area contributed by atoms with Crippen LogP contribution in [-0.4, -0.2) is 18.1 Å². The summed E-state index contributed by atoms with van der Waals surface area (Å²) in [4.78, 5) is 11.7. The maximum Gasteiger partial charge on any atom is 0.142 e. The van der Waals surface area contributed by atoms with E-state index in [1.54, 1.807) is 6.92 Å². The number of rotatable bonds is 11. The van der Waals surface area contributed by atoms with Gasteiger partial charge in [0.05, 0.1) is 23.9 Å². The molecule has 0 saturated heterocycles. The molecule has 148 valence electrons. The third kappa shape index (κ3) is 6.72. The molecular weight excluding hydrogens is 350 g/mol. The molecule has 0 amide bonds. The fraction of sp³-hybridized carbons (Fsp3) is 0.391. The van der Waals surface area contributed by atoms with E-state index in [1.807, 2.05) is 48.5 Å². The largest absolute Gasteiger partial charge is 0.494 e. The zero-order valence-electron chi connectivity index (χ0n) is 16.9. The lowest BCUT2D eigenvalue weighted by Crippen LogP contribution is -2.16. The second kappa shape index (κ2) is 11.1. The van der Waals surface area contributed by atoms with E-state index in [4.69, 9.17) is 10.1 Å². The Morgan fingerprint density at radius 3 is 2.00 bits per heavy atom. The van der Waals surface area contributed by atoms with Crippen LogP contribution >= 0.6 is 0 Å². The highest BCUT2D eigenvalue weighted by Gasteiger charge is 2.18. The summed E-state index contributed by atoms with van der Waals surface area (Å²) in [5.41, 5.74) is 2.60. The van der Waals surface area contributed by atoms with Crippen molar-refractivity contribution in [2.75, 3.05) is 6.61 Å². The summed E-state index contributed by atoms with van der Waals surface area (Å²) in [6, 6.07) is 14.8. The monoisotopic (exact) mass is 379 g/mol. The normalized spacial score (nSPS) is 12.1. The van der Waals surface area contributed by atoms with E-state index < -0.39 is 5.92 Å². The molecule has 5 heteroatoms. The van der Waals surface area contributed by atoms with Crippen LogP contribution in [0.3, 0.4) is 0 Å². The zero-order chi connectivity index (χ0) is 20.4. The maximum atomic E-state index is 11.7. The predicted octanol–water partition coefficient (Wildman–Crippen LogP) is 6.77. The smallest absolute Gasteiger partial charge is 0.142 e. The molecule has 0 aliphatic rings. The van der Waals surface area contributed by atoms with Crippen molar-refractivity contribution in [3.8, 4) is 5.75 Å². The first-order valence-electron chi connectivity index (χ1n) is 9.81. The Morgan fingerprint density at radius 1 is 0.929 bits per heavy atom. The number of nitrogens with one attached hydrogen (secondary N) is 1. The molecule has 0 heterocycles. The molecule has 2 aromatic rings. The number of ketones is 1. The van der Waals surface area contributed by atoms with Crippen LogP contribution in [0.25, 0.3) is 0 Å². The van der Waals surface area contributed by atoms with Crippen LogP contribution in [0.5, 0.6) is 5.75 Å². The van der Waals surface area contributed by atoms with Gasteiger partial charge in [0, 0.05) is 5.71 Å². The third-order valence-corrected chi connectivity index (χ3v) is 4.45. The van der Waals surface area contributed by atoms with E-state index in [9.17, 15) is 4.79 Å². The Balaban J connectivity index is 1.92. The lowest BCUT2D eigenvalue weighted by molar-refractivity contribution is -0.117. The second-order valence-corrected chi connectivity index (χ2v) is 6.92. The number of hydrogen-bond donors (Lipinski definition) is 1. The summed E-state index contributed by atoms with van der Waals surface area (Å²) in [6.45, 7) is 6.10. The average Bonchev–Trinajstić information content (AvgIpc) is 2.68. The van der Waals surface area contributed by atoms with Gasteiger partial charge in [-0.05, 0) is 62.2 Å². The Kier molecular flexibility index (Phi) is 8.53. The van der Waals surface area contributed by atoms with Gasteiger partial charge in [0.1, 0.15) is 11.5 Å². The summed E-state index contributed by atoms with van der Waals surface area (Å²) in [7, 11) is 0. The molecule has 0 fully saturated rings. The van der Waals surface area contributed by atoms with Crippen LogP contribution < -0.4 is 4.74 Å². The molecule has 0 radical (unpaired) electrons. The molecule has 1 N–H and O–H groups in total. The molecule has 0 spiro atoms. The molecule has 1 atom stereocenters. The van der Waals surface area contributed by atoms with Crippen molar-refractivity contribution < 1.29 is 9.53 Å². The summed E-state index contributed by atoms with van der Waals surface area (Å²) >= 11 is 0. The highest BCUT2D eigenvalue weighted by Crippen LogP contribution is 2.24. The lowest BCUT2D eigenvalue weighted by Gasteiger charge is -2.12. The van der Waals surface area contributed by atoms with Gasteiger partial charge in [0.15, 0.2) is 0 Å². The number of Topliss-reactive ketones (excluding diaryl/α,β-unsaturated/α-hetero) is 1. The Morgan fingerprint density at radius 2 is 1.50 bits per heavy atom. The van der Waals surface area contributed by atoms with Gasteiger partial charge in [0.2, 0.25) is 0 Å². The fourth-order valence-electron chi connectivity index (χ4n) is 2.97. The molecular formula is C23H29N3O2. The van der Waals surface area contributed by atoms with E-state index in [-0.39, 0.29) is 5.78 Å². The van der Waals surface area contributed by atoms with Gasteiger partial charge in [-0.15, -0.1) is 0 Å². The number of hydrogen-bond acceptors (Lipinski definition) is 5. The lowest BCUT2D eigenvalue weighted by atomic mass is 9.91. The van der Waals surface area contributed by atoms with E-state index >= 15 is 0 Å². The van der Waals surface area contributed by atoms with Crippen molar-refractivity contribution in [2.24, 2.45) is 10.2 Å². The van der Waals surface area contributed by atoms with Gasteiger partial charge >= 0.3 is 0 Å². The summed E-state index contributed by atoms with van der Waals surface area (Å²) in [5.74, 6) is 0.326. The molecule has 2 rings (SSSR count). The molecule has 0 bridgehead atoms. The van der Waals surface area contributed by atoms with Crippen LogP contribution in [0.4, 0.5) is 11.4 Å². The summed E-state index contributed by atoms with van der Waals surface area (Å²) in [5, 5.41) is 16.3. The number of carbonyl (C=O) groups excluding carboxylic acids is 1. The van der Waals surface area contributed by atoms with Crippen molar-refractivity contribution in [1.82, 2.24) is 0 Å². The number of ether oxygens (including phenoxy) is 1. The molecule has 0 saturated carbocycles. The first-order valence-corrected chi connectivity index (χ1v) is 9.81. The van der Waals surface area contributed by atoms with Gasteiger partial charge in [-0.25, -0.2) is 0 Å². The Labute approximate surface area is 167 Å². The average molecular weight is 380 g/mol. The van der Waals surface area contributed by atoms with Gasteiger partial charge < -0.3 is 10.1 Å². The number of carbonyl (C=O) groups is 1. The topological polar surface area (TPSA) is 74.9 Å². The number of unbranched alkanes of at least 4 members (excludes halogenated alkanes) is 3. The van der Waals surface area contributed by atoms with Crippen LogP contribution in [0.2, 0.25) is 0 Å². The van der Waals surface area contributed by atoms with Gasteiger partial charge in [0.25, 0.3) is 0 Å². The van der Waals surface area contributed by atoms with Crippen molar-refractivity contribution >= 4 is 22.9 Å². The quantitative estimate of drug-likeness (QED) is 0.265. The summed E-state index contributed by atoms with van der Waals surface area (Å²) in [6.07, 6.45) is 4.75. The highest BCUT2D eigenvalue weighted by molar-refractivity contribution is 6.06. The van der Waals surface area contributed by atoms with E-state index in [1.165, 1.54) is 26.2 Å². The van der Waals surface area contributed by atoms with Crippen LogP contribution in [0.15, 0.2) is 58.8 Å². The minimum atomic E-state index is -0.486. The van der Waals surface area contributed by atoms with Crippen LogP contribution in [-0.2, 0) is 4.79 Å². The molecule has 28 heavy (non-hydrogen) atoms. The molecule has 0 aliphatic heterocycles. The minimum absolute atomic E-state index is 0.0328. The van der Waals surface area contributed by atoms with E-state index in [2.05, 4.69) is 17.2 Å². The number of nitrogens with zero attached hydrogens (tertiary/aromatic N) is 2. The second-order valence-electron chi connectivity index (χ2n) is 6.92. The minimum Gasteiger partial charge on any atom is -0.494 e. The maximum absolute atomic E-state index is 11.7. The number of azo groups is 1. The summed E-state index contributed by atoms with van der Waals surface area (Å²) < 4.78 is 5.73. The van der Waals surface area contributed by atoms with Crippen LogP contribution in [0, 0.1) is 5.41 Å². The number of benzene rings is 2. The molecule has 1 unspecified atom stereocenters. The third-order valence-electron chi connectivity index (χ3n) is 4.45. The zero-order valence-corrected chi connectivity index (χ0v) is 16.9. The fourth-order valence-corrected chi connectivity index (χ4v) is 2.97. The first kappa shape index (κ1) is 21.5.